The van der Waals surface area contributed by atoms with Crippen LogP contribution in [0.25, 0.3) is 0 Å². The Balaban J connectivity index is 1.67. The largest absolute Gasteiger partial charge is 0.462 e. The molecule has 10 heteroatoms. The number of carbonyl (C=O) groups is 2. The molecule has 4 aromatic rings. The van der Waals surface area contributed by atoms with Gasteiger partial charge in [0.25, 0.3) is 0 Å². The molecule has 0 amide bonds. The highest BCUT2D eigenvalue weighted by Crippen LogP contribution is 2.46. The number of rotatable bonds is 12. The second kappa shape index (κ2) is 17.4. The summed E-state index contributed by atoms with van der Waals surface area (Å²) in [5.74, 6) is -0.831. The first-order chi connectivity index (χ1) is 24.4. The summed E-state index contributed by atoms with van der Waals surface area (Å²) in [7, 11) is -1.45. The molecule has 4 aromatic carbocycles. The molecule has 0 bridgehead atoms. The van der Waals surface area contributed by atoms with Crippen molar-refractivity contribution in [1.82, 2.24) is 0 Å². The van der Waals surface area contributed by atoms with Crippen molar-refractivity contribution in [3.63, 3.8) is 0 Å². The van der Waals surface area contributed by atoms with Crippen LogP contribution in [0.15, 0.2) is 121 Å². The highest BCUT2D eigenvalue weighted by Gasteiger charge is 2.53. The van der Waals surface area contributed by atoms with Crippen LogP contribution < -0.4 is 21.2 Å². The topological polar surface area (TPSA) is 89.5 Å². The van der Waals surface area contributed by atoms with Gasteiger partial charge in [0.1, 0.15) is 24.9 Å². The number of methoxy groups -OCH3 is 1. The van der Waals surface area contributed by atoms with E-state index in [1.54, 1.807) is 41.5 Å². The third-order valence-corrected chi connectivity index (χ3v) is 12.1. The van der Waals surface area contributed by atoms with Gasteiger partial charge in [-0.1, -0.05) is 121 Å². The van der Waals surface area contributed by atoms with Crippen LogP contribution in [0, 0.1) is 10.8 Å². The Bertz CT molecular complexity index is 1600. The van der Waals surface area contributed by atoms with Crippen molar-refractivity contribution in [2.75, 3.05) is 13.7 Å². The average Bonchev–Trinajstić information content (AvgIpc) is 3.13. The summed E-state index contributed by atoms with van der Waals surface area (Å²) in [5, 5.41) is 3.85. The molecular weight excluding hydrogens is 682 g/mol. The van der Waals surface area contributed by atoms with Crippen LogP contribution in [0.2, 0.25) is 0 Å². The maximum Gasteiger partial charge on any atom is 0.311 e. The van der Waals surface area contributed by atoms with Crippen LogP contribution in [0.5, 0.6) is 0 Å². The monoisotopic (exact) mass is 730 g/mol. The fourth-order valence-corrected chi connectivity index (χ4v) is 9.13. The van der Waals surface area contributed by atoms with Crippen molar-refractivity contribution in [2.45, 2.75) is 72.2 Å². The van der Waals surface area contributed by atoms with Crippen molar-refractivity contribution in [3.8, 4) is 0 Å². The lowest BCUT2D eigenvalue weighted by Crippen LogP contribution is -2.62. The Morgan fingerprint density at radius 1 is 0.569 bits per heavy atom. The number of benzene rings is 4. The molecule has 0 aliphatic carbocycles. The summed E-state index contributed by atoms with van der Waals surface area (Å²) in [5.41, 5.74) is -1.58. The predicted octanol–water partition coefficient (Wildman–Crippen LogP) is 6.77. The van der Waals surface area contributed by atoms with Crippen molar-refractivity contribution in [2.24, 2.45) is 10.8 Å². The fraction of sp³-hybridized carbons (Fsp3) is 0.366. The van der Waals surface area contributed by atoms with Crippen LogP contribution in [-0.2, 0) is 37.6 Å². The molecule has 5 rings (SSSR count). The van der Waals surface area contributed by atoms with E-state index in [9.17, 15) is 9.59 Å². The number of hydrogen-bond acceptors (Lipinski definition) is 8. The minimum Gasteiger partial charge on any atom is -0.462 e. The summed E-state index contributed by atoms with van der Waals surface area (Å²) >= 11 is 0. The fourth-order valence-electron chi connectivity index (χ4n) is 5.29. The van der Waals surface area contributed by atoms with E-state index in [1.807, 2.05) is 121 Å². The standard InChI is InChI=1S/C41H48O8P2/c1-40(2,3)38(42)45-28-33-34(48-50(29-20-12-8-13-21-29)30-22-14-9-15-23-30)35(36(37(44-7)46-33)47-39(43)41(4,5)6)49-51(31-24-16-10-17-25-31)32-26-18-11-19-27-32/h8-27,33-37H,28H2,1-7H3/t33-,34-,35+,36-,37+/m1/s1. The molecule has 0 radical (unpaired) electrons. The van der Waals surface area contributed by atoms with Gasteiger partial charge in [-0.2, -0.15) is 0 Å². The summed E-state index contributed by atoms with van der Waals surface area (Å²) in [4.78, 5) is 26.8. The van der Waals surface area contributed by atoms with Gasteiger partial charge in [0, 0.05) is 28.3 Å². The number of esters is 2. The maximum atomic E-state index is 13.7. The Hall–Kier alpha value is -3.48. The molecule has 0 spiro atoms. The maximum absolute atomic E-state index is 13.7. The number of carbonyl (C=O) groups excluding carboxylic acids is 2. The van der Waals surface area contributed by atoms with E-state index in [2.05, 4.69) is 0 Å². The van der Waals surface area contributed by atoms with Crippen molar-refractivity contribution >= 4 is 49.5 Å². The normalized spacial score (nSPS) is 21.0. The van der Waals surface area contributed by atoms with E-state index in [1.165, 1.54) is 7.11 Å². The lowest BCUT2D eigenvalue weighted by Gasteiger charge is -2.47. The molecule has 1 fully saturated rings. The summed E-state index contributed by atoms with van der Waals surface area (Å²) < 4.78 is 39.2. The van der Waals surface area contributed by atoms with E-state index >= 15 is 0 Å². The Morgan fingerprint density at radius 3 is 1.29 bits per heavy atom. The van der Waals surface area contributed by atoms with Gasteiger partial charge in [-0.15, -0.1) is 0 Å². The lowest BCUT2D eigenvalue weighted by atomic mass is 9.95. The molecule has 1 saturated heterocycles. The average molecular weight is 731 g/mol. The van der Waals surface area contributed by atoms with Crippen LogP contribution >= 0.6 is 16.3 Å². The third kappa shape index (κ3) is 10.1. The van der Waals surface area contributed by atoms with Crippen LogP contribution in [0.3, 0.4) is 0 Å². The second-order valence-electron chi connectivity index (χ2n) is 14.3. The lowest BCUT2D eigenvalue weighted by molar-refractivity contribution is -0.291. The first-order valence-electron chi connectivity index (χ1n) is 17.1. The molecule has 1 aliphatic heterocycles. The molecule has 1 aliphatic rings. The zero-order valence-corrected chi connectivity index (χ0v) is 32.1. The van der Waals surface area contributed by atoms with Crippen molar-refractivity contribution in [1.29, 1.82) is 0 Å². The quantitative estimate of drug-likeness (QED) is 0.117. The molecule has 0 aromatic heterocycles. The minimum atomic E-state index is -1.48. The highest BCUT2D eigenvalue weighted by atomic mass is 31.1. The van der Waals surface area contributed by atoms with Crippen molar-refractivity contribution in [3.05, 3.63) is 121 Å². The number of hydrogen-bond donors (Lipinski definition) is 0. The number of ether oxygens (including phenoxy) is 4. The van der Waals surface area contributed by atoms with Gasteiger partial charge in [-0.25, -0.2) is 0 Å². The van der Waals surface area contributed by atoms with E-state index in [0.29, 0.717) is 0 Å². The molecule has 5 atom stereocenters. The van der Waals surface area contributed by atoms with E-state index in [0.717, 1.165) is 21.2 Å². The molecule has 8 nitrogen and oxygen atoms in total. The smallest absolute Gasteiger partial charge is 0.311 e. The van der Waals surface area contributed by atoms with E-state index in [-0.39, 0.29) is 12.6 Å². The Morgan fingerprint density at radius 2 is 0.941 bits per heavy atom. The van der Waals surface area contributed by atoms with Gasteiger partial charge >= 0.3 is 11.9 Å². The molecular formula is C41H48O8P2. The molecule has 270 valence electrons. The third-order valence-electron chi connectivity index (χ3n) is 8.09. The first kappa shape index (κ1) is 38.7. The zero-order valence-electron chi connectivity index (χ0n) is 30.3. The van der Waals surface area contributed by atoms with Gasteiger partial charge in [0.2, 0.25) is 0 Å². The van der Waals surface area contributed by atoms with Gasteiger partial charge in [-0.05, 0) is 41.5 Å². The van der Waals surface area contributed by atoms with Gasteiger partial charge in [0.15, 0.2) is 12.4 Å². The van der Waals surface area contributed by atoms with E-state index in [4.69, 9.17) is 28.0 Å². The molecule has 0 unspecified atom stereocenters. The molecule has 1 heterocycles. The summed E-state index contributed by atoms with van der Waals surface area (Å²) in [6.07, 6.45) is -4.75. The second-order valence-corrected chi connectivity index (χ2v) is 18.0. The van der Waals surface area contributed by atoms with Gasteiger partial charge < -0.3 is 28.0 Å². The Kier molecular flexibility index (Phi) is 13.2. The predicted molar refractivity (Wildman–Crippen MR) is 203 cm³/mol. The molecule has 51 heavy (non-hydrogen) atoms. The van der Waals surface area contributed by atoms with Crippen LogP contribution in [0.4, 0.5) is 0 Å². The highest BCUT2D eigenvalue weighted by molar-refractivity contribution is 7.69. The summed E-state index contributed by atoms with van der Waals surface area (Å²) in [6.45, 7) is 10.6. The minimum absolute atomic E-state index is 0.137. The SMILES string of the molecule is CO[C@H]1O[C@H](COC(=O)C(C)(C)C)[C@@H](OP(c2ccccc2)c2ccccc2)[C@H](OP(c2ccccc2)c2ccccc2)[C@H]1OC(=O)C(C)(C)C. The van der Waals surface area contributed by atoms with Gasteiger partial charge in [-0.3, -0.25) is 9.59 Å². The van der Waals surface area contributed by atoms with Crippen LogP contribution in [-0.4, -0.2) is 56.4 Å². The Labute approximate surface area is 304 Å². The van der Waals surface area contributed by atoms with Crippen LogP contribution in [0.1, 0.15) is 41.5 Å². The van der Waals surface area contributed by atoms with Gasteiger partial charge in [0.05, 0.1) is 27.1 Å². The van der Waals surface area contributed by atoms with Crippen molar-refractivity contribution < 1.29 is 37.6 Å². The van der Waals surface area contributed by atoms with E-state index < -0.39 is 63.8 Å². The zero-order chi connectivity index (χ0) is 36.6. The summed E-state index contributed by atoms with van der Waals surface area (Å²) in [6, 6.07) is 39.9. The first-order valence-corrected chi connectivity index (χ1v) is 19.6. The molecule has 0 saturated carbocycles. The molecule has 0 N–H and O–H groups in total.